The van der Waals surface area contributed by atoms with Crippen LogP contribution in [0, 0.1) is 5.92 Å². The molecular weight excluding hydrogens is 258 g/mol. The van der Waals surface area contributed by atoms with E-state index < -0.39 is 38.8 Å². The Kier molecular flexibility index (Phi) is 6.31. The molecule has 0 radical (unpaired) electrons. The smallest absolute Gasteiger partial charge is 0.326 e. The highest BCUT2D eigenvalue weighted by atomic mass is 32.2. The summed E-state index contributed by atoms with van der Waals surface area (Å²) in [5.41, 5.74) is 0. The van der Waals surface area contributed by atoms with Gasteiger partial charge in [-0.2, -0.15) is 0 Å². The third-order valence-corrected chi connectivity index (χ3v) is 4.49. The van der Waals surface area contributed by atoms with E-state index in [1.54, 1.807) is 0 Å². The Labute approximate surface area is 108 Å². The van der Waals surface area contributed by atoms with Crippen LogP contribution in [0.4, 0.5) is 0 Å². The Morgan fingerprint density at radius 2 is 1.67 bits per heavy atom. The Balaban J connectivity index is 4.58. The molecule has 0 aromatic rings. The number of nitrogens with one attached hydrogen (secondary N) is 1. The summed E-state index contributed by atoms with van der Waals surface area (Å²) >= 11 is 0. The highest BCUT2D eigenvalue weighted by molar-refractivity contribution is 7.92. The lowest BCUT2D eigenvalue weighted by Crippen LogP contribution is -2.44. The Morgan fingerprint density at radius 1 is 1.17 bits per heavy atom. The van der Waals surface area contributed by atoms with Crippen molar-refractivity contribution in [3.63, 3.8) is 0 Å². The molecule has 0 fully saturated rings. The van der Waals surface area contributed by atoms with Gasteiger partial charge in [-0.05, 0) is 26.2 Å². The van der Waals surface area contributed by atoms with Gasteiger partial charge >= 0.3 is 5.97 Å². The van der Waals surface area contributed by atoms with Crippen molar-refractivity contribution in [2.45, 2.75) is 45.4 Å². The fourth-order valence-corrected chi connectivity index (χ4v) is 2.06. The number of carboxylic acid groups (broad SMARTS) is 1. The number of hydrogen-bond acceptors (Lipinski definition) is 4. The molecule has 0 aromatic carbocycles. The second-order valence-corrected chi connectivity index (χ2v) is 7.50. The van der Waals surface area contributed by atoms with E-state index in [1.165, 1.54) is 13.8 Å². The van der Waals surface area contributed by atoms with Crippen LogP contribution in [0.2, 0.25) is 0 Å². The van der Waals surface area contributed by atoms with Crippen LogP contribution in [0.5, 0.6) is 0 Å². The van der Waals surface area contributed by atoms with Gasteiger partial charge in [-0.25, -0.2) is 13.2 Å². The highest BCUT2D eigenvalue weighted by Gasteiger charge is 2.25. The predicted octanol–water partition coefficient (Wildman–Crippen LogP) is 0.425. The second-order valence-electron chi connectivity index (χ2n) is 4.94. The fourth-order valence-electron chi connectivity index (χ4n) is 1.28. The Bertz CT molecular complexity index is 400. The van der Waals surface area contributed by atoms with Crippen molar-refractivity contribution in [1.82, 2.24) is 5.32 Å². The largest absolute Gasteiger partial charge is 0.480 e. The maximum atomic E-state index is 11.5. The minimum atomic E-state index is -3.50. The molecule has 0 heterocycles. The number of amides is 1. The lowest BCUT2D eigenvalue weighted by atomic mass is 10.0. The predicted molar refractivity (Wildman–Crippen MR) is 67.9 cm³/mol. The molecule has 0 spiro atoms. The van der Waals surface area contributed by atoms with E-state index in [-0.39, 0.29) is 12.3 Å². The third-order valence-electron chi connectivity index (χ3n) is 2.39. The molecule has 0 aliphatic carbocycles. The first-order chi connectivity index (χ1) is 8.06. The van der Waals surface area contributed by atoms with Crippen LogP contribution >= 0.6 is 0 Å². The van der Waals surface area contributed by atoms with Crippen LogP contribution in [-0.2, 0) is 19.4 Å². The second kappa shape index (κ2) is 6.72. The summed E-state index contributed by atoms with van der Waals surface area (Å²) in [6, 6.07) is -1.04. The number of carboxylic acids is 1. The molecule has 0 aliphatic heterocycles. The average molecular weight is 279 g/mol. The topological polar surface area (TPSA) is 101 Å². The summed E-state index contributed by atoms with van der Waals surface area (Å²) in [7, 11) is -3.50. The molecule has 2 N–H and O–H groups in total. The quantitative estimate of drug-likeness (QED) is 0.703. The number of sulfone groups is 1. The number of carbonyl (C=O) groups excluding carboxylic acids is 1. The summed E-state index contributed by atoms with van der Waals surface area (Å²) in [5, 5.41) is 10.5. The van der Waals surface area contributed by atoms with Crippen LogP contribution in [0.1, 0.15) is 34.1 Å². The Morgan fingerprint density at radius 3 is 2.00 bits per heavy atom. The van der Waals surface area contributed by atoms with Crippen LogP contribution < -0.4 is 5.32 Å². The molecule has 0 aromatic heterocycles. The lowest BCUT2D eigenvalue weighted by molar-refractivity contribution is -0.141. The van der Waals surface area contributed by atoms with E-state index in [2.05, 4.69) is 5.32 Å². The van der Waals surface area contributed by atoms with Crippen molar-refractivity contribution >= 4 is 21.7 Å². The van der Waals surface area contributed by atoms with E-state index in [0.29, 0.717) is 0 Å². The van der Waals surface area contributed by atoms with Crippen molar-refractivity contribution in [3.05, 3.63) is 0 Å². The van der Waals surface area contributed by atoms with E-state index in [0.717, 1.165) is 0 Å². The Hall–Kier alpha value is -1.11. The van der Waals surface area contributed by atoms with E-state index >= 15 is 0 Å². The van der Waals surface area contributed by atoms with Crippen LogP contribution in [0.15, 0.2) is 0 Å². The molecule has 7 heteroatoms. The van der Waals surface area contributed by atoms with Crippen LogP contribution in [0.25, 0.3) is 0 Å². The molecule has 1 atom stereocenters. The summed E-state index contributed by atoms with van der Waals surface area (Å²) in [4.78, 5) is 22.4. The lowest BCUT2D eigenvalue weighted by Gasteiger charge is -2.16. The number of hydrogen-bond donors (Lipinski definition) is 2. The maximum absolute atomic E-state index is 11.5. The first kappa shape index (κ1) is 16.9. The van der Waals surface area contributed by atoms with E-state index in [9.17, 15) is 18.0 Å². The summed E-state index contributed by atoms with van der Waals surface area (Å²) in [6.07, 6.45) is 0.267. The number of carbonyl (C=O) groups is 2. The molecule has 18 heavy (non-hydrogen) atoms. The van der Waals surface area contributed by atoms with E-state index in [1.807, 2.05) is 13.8 Å². The van der Waals surface area contributed by atoms with Crippen molar-refractivity contribution in [1.29, 1.82) is 0 Å². The zero-order valence-electron chi connectivity index (χ0n) is 11.1. The minimum Gasteiger partial charge on any atom is -0.480 e. The van der Waals surface area contributed by atoms with Gasteiger partial charge in [0, 0.05) is 0 Å². The number of rotatable bonds is 7. The molecule has 0 rings (SSSR count). The first-order valence-corrected chi connectivity index (χ1v) is 7.51. The van der Waals surface area contributed by atoms with Crippen molar-refractivity contribution < 1.29 is 23.1 Å². The molecule has 1 amide bonds. The van der Waals surface area contributed by atoms with Crippen LogP contribution in [-0.4, -0.2) is 42.4 Å². The molecule has 0 aliphatic rings. The van der Waals surface area contributed by atoms with Gasteiger partial charge in [0.25, 0.3) is 0 Å². The zero-order valence-corrected chi connectivity index (χ0v) is 12.0. The highest BCUT2D eigenvalue weighted by Crippen LogP contribution is 2.06. The van der Waals surface area contributed by atoms with Crippen molar-refractivity contribution in [2.75, 3.05) is 5.75 Å². The molecule has 6 nitrogen and oxygen atoms in total. The van der Waals surface area contributed by atoms with Gasteiger partial charge in [-0.3, -0.25) is 4.79 Å². The van der Waals surface area contributed by atoms with Gasteiger partial charge in [0.2, 0.25) is 5.91 Å². The zero-order chi connectivity index (χ0) is 14.5. The van der Waals surface area contributed by atoms with E-state index in [4.69, 9.17) is 5.11 Å². The average Bonchev–Trinajstić information content (AvgIpc) is 2.14. The molecule has 0 saturated carbocycles. The normalized spacial score (nSPS) is 13.7. The number of aliphatic carboxylic acids is 1. The standard InChI is InChI=1S/C11H21NO5S/c1-7(2)5-9(11(14)15)12-10(13)6-18(16,17)8(3)4/h7-9H,5-6H2,1-4H3,(H,12,13)(H,14,15). The SMILES string of the molecule is CC(C)CC(NC(=O)CS(=O)(=O)C(C)C)C(=O)O. The van der Waals surface area contributed by atoms with Gasteiger partial charge in [0.1, 0.15) is 11.8 Å². The molecule has 0 bridgehead atoms. The molecule has 106 valence electrons. The minimum absolute atomic E-state index is 0.0908. The first-order valence-electron chi connectivity index (χ1n) is 5.80. The maximum Gasteiger partial charge on any atom is 0.326 e. The third kappa shape index (κ3) is 6.00. The van der Waals surface area contributed by atoms with Crippen LogP contribution in [0.3, 0.4) is 0 Å². The van der Waals surface area contributed by atoms with Crippen molar-refractivity contribution in [2.24, 2.45) is 5.92 Å². The summed E-state index contributed by atoms with van der Waals surface area (Å²) < 4.78 is 23.0. The van der Waals surface area contributed by atoms with Gasteiger partial charge in [-0.15, -0.1) is 0 Å². The van der Waals surface area contributed by atoms with Gasteiger partial charge in [0.15, 0.2) is 9.84 Å². The summed E-state index contributed by atoms with van der Waals surface area (Å²) in [6.45, 7) is 6.61. The van der Waals surface area contributed by atoms with Gasteiger partial charge < -0.3 is 10.4 Å². The van der Waals surface area contributed by atoms with Crippen molar-refractivity contribution in [3.8, 4) is 0 Å². The van der Waals surface area contributed by atoms with Gasteiger partial charge in [0.05, 0.1) is 5.25 Å². The fraction of sp³-hybridized carbons (Fsp3) is 0.818. The molecular formula is C11H21NO5S. The summed E-state index contributed by atoms with van der Waals surface area (Å²) in [5.74, 6) is -2.50. The molecule has 0 saturated heterocycles. The van der Waals surface area contributed by atoms with Gasteiger partial charge in [-0.1, -0.05) is 13.8 Å². The molecule has 1 unspecified atom stereocenters. The monoisotopic (exact) mass is 279 g/mol.